The largest absolute Gasteiger partial charge is 0.422 e. The molecule has 1 aromatic heterocycles. The second-order valence-corrected chi connectivity index (χ2v) is 8.73. The highest BCUT2D eigenvalue weighted by Crippen LogP contribution is 2.25. The van der Waals surface area contributed by atoms with Crippen LogP contribution in [0.2, 0.25) is 0 Å². The van der Waals surface area contributed by atoms with E-state index in [1.165, 1.54) is 49.0 Å². The van der Waals surface area contributed by atoms with Crippen molar-refractivity contribution in [3.05, 3.63) is 76.0 Å². The van der Waals surface area contributed by atoms with Crippen LogP contribution in [0, 0.1) is 6.92 Å². The van der Waals surface area contributed by atoms with E-state index in [1.54, 1.807) is 11.3 Å². The summed E-state index contributed by atoms with van der Waals surface area (Å²) in [6, 6.07) is 20.1. The van der Waals surface area contributed by atoms with Crippen LogP contribution in [0.4, 0.5) is 0 Å². The fraction of sp³-hybridized carbons (Fsp3) is 0.346. The predicted octanol–water partition coefficient (Wildman–Crippen LogP) is 7.85. The molecule has 152 valence electrons. The van der Waals surface area contributed by atoms with Crippen molar-refractivity contribution in [2.75, 3.05) is 0 Å². The molecular weight excluding hydrogens is 376 g/mol. The first kappa shape index (κ1) is 21.3. The van der Waals surface area contributed by atoms with Gasteiger partial charge in [0.25, 0.3) is 0 Å². The standard InChI is InChI=1S/C26H30O2S/c1-3-4-5-6-7-8-9-24-18-19-25(29-24)26(27)28-23-16-14-22(15-17-23)21-12-10-20(2)11-13-21/h10-19H,3-9H2,1-2H3. The molecule has 0 fully saturated rings. The molecule has 3 aromatic rings. The predicted molar refractivity (Wildman–Crippen MR) is 123 cm³/mol. The lowest BCUT2D eigenvalue weighted by atomic mass is 10.0. The number of aryl methyl sites for hydroxylation is 2. The van der Waals surface area contributed by atoms with E-state index in [0.717, 1.165) is 17.5 Å². The van der Waals surface area contributed by atoms with Gasteiger partial charge >= 0.3 is 5.97 Å². The van der Waals surface area contributed by atoms with E-state index in [1.807, 2.05) is 30.3 Å². The fourth-order valence-electron chi connectivity index (χ4n) is 3.32. The quantitative estimate of drug-likeness (QED) is 0.195. The number of esters is 1. The molecule has 2 nitrogen and oxygen atoms in total. The highest BCUT2D eigenvalue weighted by molar-refractivity contribution is 7.13. The molecule has 0 saturated heterocycles. The lowest BCUT2D eigenvalue weighted by molar-refractivity contribution is 0.0740. The third-order valence-corrected chi connectivity index (χ3v) is 6.21. The van der Waals surface area contributed by atoms with Crippen LogP contribution in [-0.2, 0) is 6.42 Å². The van der Waals surface area contributed by atoms with Crippen molar-refractivity contribution in [1.29, 1.82) is 0 Å². The van der Waals surface area contributed by atoms with Crippen molar-refractivity contribution in [3.8, 4) is 16.9 Å². The Labute approximate surface area is 178 Å². The van der Waals surface area contributed by atoms with Gasteiger partial charge in [0.05, 0.1) is 0 Å². The average Bonchev–Trinajstić information content (AvgIpc) is 3.21. The molecule has 0 aliphatic heterocycles. The topological polar surface area (TPSA) is 26.3 Å². The van der Waals surface area contributed by atoms with Crippen LogP contribution in [0.3, 0.4) is 0 Å². The summed E-state index contributed by atoms with van der Waals surface area (Å²) in [6.45, 7) is 4.32. The van der Waals surface area contributed by atoms with Crippen LogP contribution in [0.15, 0.2) is 60.7 Å². The third kappa shape index (κ3) is 6.57. The number of carbonyl (C=O) groups excluding carboxylic acids is 1. The van der Waals surface area contributed by atoms with Crippen LogP contribution in [0.5, 0.6) is 5.75 Å². The number of benzene rings is 2. The first-order chi connectivity index (χ1) is 14.2. The Morgan fingerprint density at radius 3 is 2.10 bits per heavy atom. The van der Waals surface area contributed by atoms with Crippen LogP contribution in [0.25, 0.3) is 11.1 Å². The van der Waals surface area contributed by atoms with E-state index in [-0.39, 0.29) is 5.97 Å². The van der Waals surface area contributed by atoms with Crippen molar-refractivity contribution in [3.63, 3.8) is 0 Å². The van der Waals surface area contributed by atoms with Gasteiger partial charge in [-0.25, -0.2) is 4.79 Å². The number of thiophene rings is 1. The summed E-state index contributed by atoms with van der Waals surface area (Å²) in [4.78, 5) is 14.4. The van der Waals surface area contributed by atoms with Crippen molar-refractivity contribution < 1.29 is 9.53 Å². The van der Waals surface area contributed by atoms with Crippen LogP contribution in [0.1, 0.15) is 65.6 Å². The third-order valence-electron chi connectivity index (χ3n) is 5.09. The maximum Gasteiger partial charge on any atom is 0.353 e. The Morgan fingerprint density at radius 2 is 1.41 bits per heavy atom. The first-order valence-corrected chi connectivity index (χ1v) is 11.5. The minimum Gasteiger partial charge on any atom is -0.422 e. The highest BCUT2D eigenvalue weighted by atomic mass is 32.1. The van der Waals surface area contributed by atoms with Crippen molar-refractivity contribution in [2.45, 2.75) is 58.8 Å². The number of hydrogen-bond acceptors (Lipinski definition) is 3. The zero-order valence-corrected chi connectivity index (χ0v) is 18.3. The Balaban J connectivity index is 1.50. The number of carbonyl (C=O) groups is 1. The molecule has 0 atom stereocenters. The van der Waals surface area contributed by atoms with Crippen LogP contribution in [-0.4, -0.2) is 5.97 Å². The molecule has 29 heavy (non-hydrogen) atoms. The van der Waals surface area contributed by atoms with Gasteiger partial charge in [-0.15, -0.1) is 11.3 Å². The Morgan fingerprint density at radius 1 is 0.793 bits per heavy atom. The zero-order chi connectivity index (χ0) is 20.5. The molecule has 0 bridgehead atoms. The normalized spacial score (nSPS) is 10.8. The SMILES string of the molecule is CCCCCCCCc1ccc(C(=O)Oc2ccc(-c3ccc(C)cc3)cc2)s1. The van der Waals surface area contributed by atoms with Gasteiger partial charge in [0.2, 0.25) is 0 Å². The van der Waals surface area contributed by atoms with Gasteiger partial charge in [0.15, 0.2) is 0 Å². The summed E-state index contributed by atoms with van der Waals surface area (Å²) in [7, 11) is 0. The van der Waals surface area contributed by atoms with Crippen LogP contribution >= 0.6 is 11.3 Å². The minimum atomic E-state index is -0.271. The molecule has 0 radical (unpaired) electrons. The summed E-state index contributed by atoms with van der Waals surface area (Å²) < 4.78 is 5.57. The summed E-state index contributed by atoms with van der Waals surface area (Å²) in [5.41, 5.74) is 3.51. The van der Waals surface area contributed by atoms with Gasteiger partial charge in [-0.2, -0.15) is 0 Å². The second-order valence-electron chi connectivity index (χ2n) is 7.56. The number of rotatable bonds is 10. The maximum atomic E-state index is 12.5. The molecule has 0 spiro atoms. The van der Waals surface area contributed by atoms with E-state index >= 15 is 0 Å². The van der Waals surface area contributed by atoms with Gasteiger partial charge in [-0.1, -0.05) is 81.0 Å². The monoisotopic (exact) mass is 406 g/mol. The smallest absolute Gasteiger partial charge is 0.353 e. The zero-order valence-electron chi connectivity index (χ0n) is 17.4. The maximum absolute atomic E-state index is 12.5. The minimum absolute atomic E-state index is 0.271. The summed E-state index contributed by atoms with van der Waals surface area (Å²) in [5, 5.41) is 0. The Bertz CT molecular complexity index is 891. The molecule has 0 amide bonds. The highest BCUT2D eigenvalue weighted by Gasteiger charge is 2.12. The van der Waals surface area contributed by atoms with Gasteiger partial charge in [0, 0.05) is 4.88 Å². The van der Waals surface area contributed by atoms with Crippen molar-refractivity contribution in [2.24, 2.45) is 0 Å². The number of hydrogen-bond donors (Lipinski definition) is 0. The van der Waals surface area contributed by atoms with Gasteiger partial charge in [-0.3, -0.25) is 0 Å². The van der Waals surface area contributed by atoms with Crippen molar-refractivity contribution >= 4 is 17.3 Å². The van der Waals surface area contributed by atoms with Crippen molar-refractivity contribution in [1.82, 2.24) is 0 Å². The summed E-state index contributed by atoms with van der Waals surface area (Å²) >= 11 is 1.56. The van der Waals surface area contributed by atoms with E-state index in [0.29, 0.717) is 10.6 Å². The second kappa shape index (κ2) is 11.0. The fourth-order valence-corrected chi connectivity index (χ4v) is 4.25. The van der Waals surface area contributed by atoms with E-state index in [4.69, 9.17) is 4.74 Å². The van der Waals surface area contributed by atoms with Gasteiger partial charge < -0.3 is 4.74 Å². The molecular formula is C26H30O2S. The Hall–Kier alpha value is -2.39. The van der Waals surface area contributed by atoms with Gasteiger partial charge in [-0.05, 0) is 55.2 Å². The molecule has 0 unspecified atom stereocenters. The molecule has 0 aliphatic rings. The molecule has 3 heteroatoms. The van der Waals surface area contributed by atoms with Gasteiger partial charge in [0.1, 0.15) is 10.6 Å². The van der Waals surface area contributed by atoms with E-state index in [9.17, 15) is 4.79 Å². The summed E-state index contributed by atoms with van der Waals surface area (Å²) in [5.74, 6) is 0.309. The summed E-state index contributed by atoms with van der Waals surface area (Å²) in [6.07, 6.45) is 8.78. The lowest BCUT2D eigenvalue weighted by Crippen LogP contribution is -2.06. The first-order valence-electron chi connectivity index (χ1n) is 10.6. The number of ether oxygens (including phenoxy) is 1. The molecule has 0 saturated carbocycles. The van der Waals surface area contributed by atoms with E-state index in [2.05, 4.69) is 44.2 Å². The Kier molecular flexibility index (Phi) is 8.06. The van der Waals surface area contributed by atoms with E-state index < -0.39 is 0 Å². The van der Waals surface area contributed by atoms with Crippen LogP contribution < -0.4 is 4.74 Å². The molecule has 0 N–H and O–H groups in total. The molecule has 1 heterocycles. The molecule has 3 rings (SSSR count). The number of unbranched alkanes of at least 4 members (excludes halogenated alkanes) is 5. The molecule has 0 aliphatic carbocycles. The molecule has 2 aromatic carbocycles. The average molecular weight is 407 g/mol. The lowest BCUT2D eigenvalue weighted by Gasteiger charge is -2.05.